The van der Waals surface area contributed by atoms with E-state index in [-0.39, 0.29) is 6.42 Å². The Bertz CT molecular complexity index is 1040. The average Bonchev–Trinajstić information content (AvgIpc) is 2.67. The molecule has 2 atom stereocenters. The van der Waals surface area contributed by atoms with Crippen LogP contribution in [0.2, 0.25) is 5.02 Å². The van der Waals surface area contributed by atoms with Crippen molar-refractivity contribution in [3.05, 3.63) is 45.8 Å². The van der Waals surface area contributed by atoms with Gasteiger partial charge >= 0.3 is 5.97 Å². The smallest absolute Gasteiger partial charge is 0.308 e. The van der Waals surface area contributed by atoms with Gasteiger partial charge in [-0.1, -0.05) is 18.5 Å². The Hall–Kier alpha value is -2.74. The number of hydrogen-bond donors (Lipinski definition) is 1. The molecule has 2 aromatic rings. The fourth-order valence-corrected chi connectivity index (χ4v) is 3.32. The van der Waals surface area contributed by atoms with E-state index < -0.39 is 54.0 Å². The van der Waals surface area contributed by atoms with Crippen LogP contribution in [0.25, 0.3) is 10.8 Å². The number of Topliss-reactive ketones (excluding diaryl/α,β-unsaturated/α-hetero) is 1. The predicted octanol–water partition coefficient (Wildman–Crippen LogP) is 3.36. The molecule has 0 fully saturated rings. The van der Waals surface area contributed by atoms with Crippen LogP contribution in [-0.2, 0) is 19.1 Å². The summed E-state index contributed by atoms with van der Waals surface area (Å²) in [5.41, 5.74) is -1.20. The lowest BCUT2D eigenvalue weighted by molar-refractivity contribution is -0.156. The van der Waals surface area contributed by atoms with Gasteiger partial charge in [0.1, 0.15) is 24.4 Å². The molecular formula is C22H26ClFN2O5. The quantitative estimate of drug-likeness (QED) is 0.620. The highest BCUT2D eigenvalue weighted by atomic mass is 35.5. The van der Waals surface area contributed by atoms with E-state index in [4.69, 9.17) is 16.3 Å². The molecule has 0 radical (unpaired) electrons. The second-order valence-electron chi connectivity index (χ2n) is 8.14. The Morgan fingerprint density at radius 1 is 1.23 bits per heavy atom. The van der Waals surface area contributed by atoms with Crippen molar-refractivity contribution >= 4 is 40.0 Å². The number of rotatable bonds is 8. The van der Waals surface area contributed by atoms with Crippen LogP contribution in [0, 0.1) is 0 Å². The molecule has 1 aromatic heterocycles. The Labute approximate surface area is 184 Å². The number of carbonyl (C=O) groups is 3. The molecule has 0 aliphatic rings. The normalized spacial score (nSPS) is 13.5. The summed E-state index contributed by atoms with van der Waals surface area (Å²) in [6.07, 6.45) is 1.19. The molecule has 0 aliphatic heterocycles. The molecule has 168 valence electrons. The van der Waals surface area contributed by atoms with Crippen molar-refractivity contribution < 1.29 is 23.5 Å². The first-order valence-electron chi connectivity index (χ1n) is 9.88. The van der Waals surface area contributed by atoms with Crippen molar-refractivity contribution in [3.8, 4) is 0 Å². The van der Waals surface area contributed by atoms with Crippen molar-refractivity contribution in [3.63, 3.8) is 0 Å². The van der Waals surface area contributed by atoms with Gasteiger partial charge < -0.3 is 14.6 Å². The third-order valence-corrected chi connectivity index (χ3v) is 4.78. The van der Waals surface area contributed by atoms with Crippen LogP contribution in [0.15, 0.2) is 35.3 Å². The number of carbonyl (C=O) groups excluding carboxylic acids is 3. The number of alkyl halides is 1. The largest absolute Gasteiger partial charge is 0.460 e. The van der Waals surface area contributed by atoms with E-state index in [9.17, 15) is 23.6 Å². The topological polar surface area (TPSA) is 94.5 Å². The van der Waals surface area contributed by atoms with Gasteiger partial charge in [-0.3, -0.25) is 19.2 Å². The van der Waals surface area contributed by atoms with Crippen molar-refractivity contribution in [1.82, 2.24) is 9.88 Å². The van der Waals surface area contributed by atoms with Gasteiger partial charge in [0.15, 0.2) is 5.78 Å². The molecule has 0 saturated carbocycles. The summed E-state index contributed by atoms with van der Waals surface area (Å²) in [7, 11) is 0. The number of nitrogens with zero attached hydrogens (tertiary/aromatic N) is 1. The molecule has 2 unspecified atom stereocenters. The Morgan fingerprint density at radius 2 is 1.90 bits per heavy atom. The zero-order chi connectivity index (χ0) is 23.3. The van der Waals surface area contributed by atoms with Gasteiger partial charge in [0.05, 0.1) is 6.42 Å². The number of amides is 1. The third kappa shape index (κ3) is 6.37. The maximum Gasteiger partial charge on any atom is 0.308 e. The standard InChI is InChI=1S/C22H26ClFN2O5/c1-5-17(26-9-8-13-10-14(23)6-7-15(13)21(26)30)20(29)25-16(18(27)12-24)11-19(28)31-22(2,3)4/h6-10,16-17H,5,11-12H2,1-4H3,(H,25,29). The van der Waals surface area contributed by atoms with E-state index in [0.29, 0.717) is 15.8 Å². The van der Waals surface area contributed by atoms with E-state index in [2.05, 4.69) is 5.32 Å². The van der Waals surface area contributed by atoms with Gasteiger partial charge in [0.2, 0.25) is 5.91 Å². The molecular weight excluding hydrogens is 427 g/mol. The summed E-state index contributed by atoms with van der Waals surface area (Å²) in [5, 5.41) is 3.89. The van der Waals surface area contributed by atoms with Crippen molar-refractivity contribution in [2.24, 2.45) is 0 Å². The maximum absolute atomic E-state index is 13.0. The minimum absolute atomic E-state index is 0.230. The molecule has 1 amide bonds. The predicted molar refractivity (Wildman–Crippen MR) is 116 cm³/mol. The highest BCUT2D eigenvalue weighted by molar-refractivity contribution is 6.31. The number of hydrogen-bond acceptors (Lipinski definition) is 5. The van der Waals surface area contributed by atoms with Gasteiger partial charge in [-0.15, -0.1) is 0 Å². The van der Waals surface area contributed by atoms with Gasteiger partial charge in [-0.2, -0.15) is 0 Å². The number of halogens is 2. The number of esters is 1. The number of pyridine rings is 1. The molecule has 7 nitrogen and oxygen atoms in total. The van der Waals surface area contributed by atoms with Crippen molar-refractivity contribution in [1.29, 1.82) is 0 Å². The summed E-state index contributed by atoms with van der Waals surface area (Å²) < 4.78 is 19.4. The molecule has 31 heavy (non-hydrogen) atoms. The summed E-state index contributed by atoms with van der Waals surface area (Å²) in [4.78, 5) is 49.9. The average molecular weight is 453 g/mol. The lowest BCUT2D eigenvalue weighted by atomic mass is 10.1. The van der Waals surface area contributed by atoms with Crippen LogP contribution >= 0.6 is 11.6 Å². The van der Waals surface area contributed by atoms with Crippen LogP contribution in [0.3, 0.4) is 0 Å². The molecule has 9 heteroatoms. The summed E-state index contributed by atoms with van der Waals surface area (Å²) >= 11 is 5.96. The highest BCUT2D eigenvalue weighted by Crippen LogP contribution is 2.19. The van der Waals surface area contributed by atoms with Crippen LogP contribution in [-0.4, -0.2) is 40.5 Å². The fraction of sp³-hybridized carbons (Fsp3) is 0.455. The number of nitrogens with one attached hydrogen (secondary N) is 1. The van der Waals surface area contributed by atoms with Gasteiger partial charge in [-0.25, -0.2) is 4.39 Å². The second-order valence-corrected chi connectivity index (χ2v) is 8.57. The Balaban J connectivity index is 2.29. The minimum Gasteiger partial charge on any atom is -0.460 e. The van der Waals surface area contributed by atoms with Crippen LogP contribution in [0.1, 0.15) is 46.6 Å². The molecule has 0 bridgehead atoms. The van der Waals surface area contributed by atoms with Gasteiger partial charge in [-0.05, 0) is 56.8 Å². The molecule has 1 heterocycles. The van der Waals surface area contributed by atoms with E-state index in [1.165, 1.54) is 10.8 Å². The lowest BCUT2D eigenvalue weighted by Crippen LogP contribution is -2.47. The number of ether oxygens (including phenoxy) is 1. The first-order valence-corrected chi connectivity index (χ1v) is 10.3. The zero-order valence-electron chi connectivity index (χ0n) is 17.9. The molecule has 0 spiro atoms. The van der Waals surface area contributed by atoms with Crippen LogP contribution in [0.4, 0.5) is 4.39 Å². The Morgan fingerprint density at radius 3 is 2.48 bits per heavy atom. The van der Waals surface area contributed by atoms with Crippen molar-refractivity contribution in [2.45, 2.75) is 58.2 Å². The van der Waals surface area contributed by atoms with Gasteiger partial charge in [0, 0.05) is 16.6 Å². The third-order valence-electron chi connectivity index (χ3n) is 4.55. The second kappa shape index (κ2) is 10.0. The SMILES string of the molecule is CCC(C(=O)NC(CC(=O)OC(C)(C)C)C(=O)CF)n1ccc2cc(Cl)ccc2c1=O. The van der Waals surface area contributed by atoms with Gasteiger partial charge in [0.25, 0.3) is 5.56 Å². The zero-order valence-corrected chi connectivity index (χ0v) is 18.7. The summed E-state index contributed by atoms with van der Waals surface area (Å²) in [6.45, 7) is 5.31. The molecule has 1 aromatic carbocycles. The first kappa shape index (κ1) is 24.5. The summed E-state index contributed by atoms with van der Waals surface area (Å²) in [5.74, 6) is -2.37. The van der Waals surface area contributed by atoms with Crippen LogP contribution in [0.5, 0.6) is 0 Å². The van der Waals surface area contributed by atoms with E-state index in [1.54, 1.807) is 52.0 Å². The lowest BCUT2D eigenvalue weighted by Gasteiger charge is -2.24. The minimum atomic E-state index is -1.39. The van der Waals surface area contributed by atoms with E-state index in [1.807, 2.05) is 0 Å². The number of fused-ring (bicyclic) bond motifs is 1. The fourth-order valence-electron chi connectivity index (χ4n) is 3.14. The van der Waals surface area contributed by atoms with Crippen molar-refractivity contribution in [2.75, 3.05) is 6.67 Å². The summed E-state index contributed by atoms with van der Waals surface area (Å²) in [6, 6.07) is 4.09. The molecule has 1 N–H and O–H groups in total. The number of benzene rings is 1. The highest BCUT2D eigenvalue weighted by Gasteiger charge is 2.29. The van der Waals surface area contributed by atoms with Crippen LogP contribution < -0.4 is 10.9 Å². The van der Waals surface area contributed by atoms with E-state index >= 15 is 0 Å². The molecule has 2 rings (SSSR count). The Kier molecular flexibility index (Phi) is 7.95. The first-order chi connectivity index (χ1) is 14.5. The molecule has 0 saturated heterocycles. The number of aromatic nitrogens is 1. The van der Waals surface area contributed by atoms with E-state index in [0.717, 1.165) is 0 Å². The maximum atomic E-state index is 13.0. The monoisotopic (exact) mass is 452 g/mol. The molecule has 0 aliphatic carbocycles. The number of ketones is 1.